The van der Waals surface area contributed by atoms with Crippen LogP contribution in [-0.2, 0) is 20.9 Å². The standard InChI is InChI=1S/C21H17Cl3N4O3/c1-31-10-16-19(11-3-2-4-12(22)7-11)20-26-21(30)17(28(20)27-16)9-18(29)25-15-8-13(23)5-6-14(15)24/h2-8,17H,9-10H2,1H3,(H,25,29)(H,26,30). The number of fused-ring (bicyclic) bond motifs is 1. The lowest BCUT2D eigenvalue weighted by molar-refractivity contribution is -0.123. The molecule has 1 atom stereocenters. The summed E-state index contributed by atoms with van der Waals surface area (Å²) in [5.74, 6) is -0.231. The van der Waals surface area contributed by atoms with Gasteiger partial charge in [0.25, 0.3) is 5.91 Å². The third-order valence-electron chi connectivity index (χ3n) is 4.80. The fourth-order valence-electron chi connectivity index (χ4n) is 3.47. The first-order chi connectivity index (χ1) is 14.9. The first kappa shape index (κ1) is 21.6. The zero-order chi connectivity index (χ0) is 22.1. The molecule has 2 amide bonds. The van der Waals surface area contributed by atoms with Crippen molar-refractivity contribution in [1.29, 1.82) is 0 Å². The van der Waals surface area contributed by atoms with E-state index < -0.39 is 11.9 Å². The Morgan fingerprint density at radius 1 is 1.19 bits per heavy atom. The zero-order valence-electron chi connectivity index (χ0n) is 16.3. The van der Waals surface area contributed by atoms with Gasteiger partial charge in [0.1, 0.15) is 11.9 Å². The van der Waals surface area contributed by atoms with Crippen LogP contribution in [0.5, 0.6) is 0 Å². The number of hydrogen-bond donors (Lipinski definition) is 2. The van der Waals surface area contributed by atoms with Crippen LogP contribution in [-0.4, -0.2) is 28.7 Å². The third kappa shape index (κ3) is 4.41. The normalized spacial score (nSPS) is 15.0. The summed E-state index contributed by atoms with van der Waals surface area (Å²) in [5.41, 5.74) is 2.50. The summed E-state index contributed by atoms with van der Waals surface area (Å²) in [7, 11) is 1.56. The lowest BCUT2D eigenvalue weighted by atomic mass is 10.1. The molecule has 0 spiro atoms. The number of ether oxygens (including phenoxy) is 1. The average Bonchev–Trinajstić information content (AvgIpc) is 3.20. The van der Waals surface area contributed by atoms with E-state index in [-0.39, 0.29) is 18.9 Å². The Morgan fingerprint density at radius 3 is 2.71 bits per heavy atom. The molecular formula is C21H17Cl3N4O3. The summed E-state index contributed by atoms with van der Waals surface area (Å²) in [6.07, 6.45) is -0.134. The van der Waals surface area contributed by atoms with Gasteiger partial charge in [-0.25, -0.2) is 4.68 Å². The predicted octanol–water partition coefficient (Wildman–Crippen LogP) is 5.18. The summed E-state index contributed by atoms with van der Waals surface area (Å²) in [6.45, 7) is 0.231. The number of carbonyl (C=O) groups excluding carboxylic acids is 2. The molecule has 0 bridgehead atoms. The highest BCUT2D eigenvalue weighted by Crippen LogP contribution is 2.39. The maximum Gasteiger partial charge on any atom is 0.251 e. The van der Waals surface area contributed by atoms with Gasteiger partial charge in [-0.1, -0.05) is 46.9 Å². The van der Waals surface area contributed by atoms with Gasteiger partial charge < -0.3 is 15.4 Å². The van der Waals surface area contributed by atoms with Gasteiger partial charge in [0.2, 0.25) is 5.91 Å². The van der Waals surface area contributed by atoms with E-state index in [9.17, 15) is 9.59 Å². The maximum absolute atomic E-state index is 12.7. The maximum atomic E-state index is 12.7. The molecule has 31 heavy (non-hydrogen) atoms. The quantitative estimate of drug-likeness (QED) is 0.510. The lowest BCUT2D eigenvalue weighted by Gasteiger charge is -2.11. The molecule has 3 aromatic rings. The van der Waals surface area contributed by atoms with Crippen LogP contribution in [0.25, 0.3) is 11.1 Å². The number of nitrogens with one attached hydrogen (secondary N) is 2. The Labute approximate surface area is 193 Å². The second kappa shape index (κ2) is 8.88. The van der Waals surface area contributed by atoms with Gasteiger partial charge in [-0.3, -0.25) is 9.59 Å². The van der Waals surface area contributed by atoms with Crippen molar-refractivity contribution in [2.45, 2.75) is 19.1 Å². The number of amides is 2. The van der Waals surface area contributed by atoms with Crippen LogP contribution in [0.3, 0.4) is 0 Å². The summed E-state index contributed by atoms with van der Waals surface area (Å²) in [5, 5.41) is 11.4. The minimum Gasteiger partial charge on any atom is -0.378 e. The topological polar surface area (TPSA) is 85.2 Å². The molecule has 7 nitrogen and oxygen atoms in total. The molecule has 0 fully saturated rings. The highest BCUT2D eigenvalue weighted by Gasteiger charge is 2.37. The van der Waals surface area contributed by atoms with Crippen LogP contribution in [0.2, 0.25) is 15.1 Å². The van der Waals surface area contributed by atoms with Crippen LogP contribution < -0.4 is 10.6 Å². The van der Waals surface area contributed by atoms with Crippen molar-refractivity contribution in [1.82, 2.24) is 9.78 Å². The van der Waals surface area contributed by atoms with Gasteiger partial charge in [-0.05, 0) is 35.9 Å². The summed E-state index contributed by atoms with van der Waals surface area (Å²) in [6, 6.07) is 11.2. The van der Waals surface area contributed by atoms with Crippen LogP contribution in [0, 0.1) is 0 Å². The number of halogens is 3. The van der Waals surface area contributed by atoms with Gasteiger partial charge >= 0.3 is 0 Å². The molecule has 0 radical (unpaired) electrons. The van der Waals surface area contributed by atoms with Crippen LogP contribution in [0.15, 0.2) is 42.5 Å². The molecular weight excluding hydrogens is 463 g/mol. The van der Waals surface area contributed by atoms with Crippen molar-refractivity contribution in [3.63, 3.8) is 0 Å². The van der Waals surface area contributed by atoms with E-state index >= 15 is 0 Å². The smallest absolute Gasteiger partial charge is 0.251 e. The average molecular weight is 480 g/mol. The van der Waals surface area contributed by atoms with Crippen LogP contribution in [0.4, 0.5) is 11.5 Å². The number of anilines is 2. The van der Waals surface area contributed by atoms with Gasteiger partial charge in [-0.2, -0.15) is 5.10 Å². The van der Waals surface area contributed by atoms with Gasteiger partial charge in [0.15, 0.2) is 0 Å². The first-order valence-electron chi connectivity index (χ1n) is 9.29. The molecule has 4 rings (SSSR count). The molecule has 1 unspecified atom stereocenters. The monoisotopic (exact) mass is 478 g/mol. The van der Waals surface area contributed by atoms with E-state index in [4.69, 9.17) is 39.5 Å². The minimum atomic E-state index is -0.823. The summed E-state index contributed by atoms with van der Waals surface area (Å²) >= 11 is 18.2. The van der Waals surface area contributed by atoms with Crippen molar-refractivity contribution >= 4 is 58.1 Å². The van der Waals surface area contributed by atoms with E-state index in [1.165, 1.54) is 4.68 Å². The first-order valence-corrected chi connectivity index (χ1v) is 10.4. The molecule has 10 heteroatoms. The van der Waals surface area contributed by atoms with Gasteiger partial charge in [0, 0.05) is 22.7 Å². The molecule has 2 heterocycles. The SMILES string of the molecule is COCc1nn2c(c1-c1cccc(Cl)c1)NC(=O)C2CC(=O)Nc1cc(Cl)ccc1Cl. The van der Waals surface area contributed by atoms with E-state index in [1.807, 2.05) is 12.1 Å². The fraction of sp³-hybridized carbons (Fsp3) is 0.190. The summed E-state index contributed by atoms with van der Waals surface area (Å²) in [4.78, 5) is 25.3. The zero-order valence-corrected chi connectivity index (χ0v) is 18.6. The molecule has 1 aliphatic rings. The third-order valence-corrected chi connectivity index (χ3v) is 5.60. The largest absolute Gasteiger partial charge is 0.378 e. The van der Waals surface area contributed by atoms with Crippen molar-refractivity contribution < 1.29 is 14.3 Å². The Morgan fingerprint density at radius 2 is 1.97 bits per heavy atom. The Kier molecular flexibility index (Phi) is 6.20. The highest BCUT2D eigenvalue weighted by molar-refractivity contribution is 6.35. The number of nitrogens with zero attached hydrogens (tertiary/aromatic N) is 2. The highest BCUT2D eigenvalue weighted by atomic mass is 35.5. The molecule has 160 valence electrons. The number of carbonyl (C=O) groups is 2. The van der Waals surface area contributed by atoms with Crippen molar-refractivity contribution in [2.75, 3.05) is 17.7 Å². The number of rotatable bonds is 6. The second-order valence-corrected chi connectivity index (χ2v) is 8.22. The molecule has 1 aromatic heterocycles. The van der Waals surface area contributed by atoms with E-state index in [2.05, 4.69) is 15.7 Å². The number of methoxy groups -OCH3 is 1. The summed E-state index contributed by atoms with van der Waals surface area (Å²) < 4.78 is 6.80. The number of aromatic nitrogens is 2. The molecule has 2 N–H and O–H groups in total. The molecule has 2 aromatic carbocycles. The van der Waals surface area contributed by atoms with Gasteiger partial charge in [-0.15, -0.1) is 0 Å². The minimum absolute atomic E-state index is 0.134. The molecule has 0 saturated carbocycles. The Hall–Kier alpha value is -2.58. The lowest BCUT2D eigenvalue weighted by Crippen LogP contribution is -2.24. The Balaban J connectivity index is 1.64. The van der Waals surface area contributed by atoms with Gasteiger partial charge in [0.05, 0.1) is 29.4 Å². The predicted molar refractivity (Wildman–Crippen MR) is 121 cm³/mol. The van der Waals surface area contributed by atoms with Crippen molar-refractivity contribution in [3.8, 4) is 11.1 Å². The molecule has 0 aliphatic carbocycles. The fourth-order valence-corrected chi connectivity index (χ4v) is 4.00. The van der Waals surface area contributed by atoms with Crippen LogP contribution >= 0.6 is 34.8 Å². The Bertz CT molecular complexity index is 1180. The second-order valence-electron chi connectivity index (χ2n) is 6.94. The van der Waals surface area contributed by atoms with Crippen molar-refractivity contribution in [3.05, 3.63) is 63.2 Å². The number of benzene rings is 2. The van der Waals surface area contributed by atoms with Crippen LogP contribution in [0.1, 0.15) is 18.2 Å². The number of hydrogen-bond acceptors (Lipinski definition) is 4. The van der Waals surface area contributed by atoms with E-state index in [1.54, 1.807) is 37.4 Å². The van der Waals surface area contributed by atoms with Crippen molar-refractivity contribution in [2.24, 2.45) is 0 Å². The molecule has 1 aliphatic heterocycles. The molecule has 0 saturated heterocycles. The van der Waals surface area contributed by atoms with E-state index in [0.717, 1.165) is 5.56 Å². The van der Waals surface area contributed by atoms with E-state index in [0.29, 0.717) is 37.8 Å².